The summed E-state index contributed by atoms with van der Waals surface area (Å²) in [7, 11) is 1.33. The number of benzene rings is 2. The third-order valence-electron chi connectivity index (χ3n) is 4.60. The van der Waals surface area contributed by atoms with Crippen molar-refractivity contribution in [2.45, 2.75) is 38.7 Å². The average molecular weight is 353 g/mol. The van der Waals surface area contributed by atoms with Crippen LogP contribution in [0.15, 0.2) is 42.5 Å². The van der Waals surface area contributed by atoms with E-state index in [-0.39, 0.29) is 5.91 Å². The summed E-state index contributed by atoms with van der Waals surface area (Å²) < 4.78 is 10.6. The largest absolute Gasteiger partial charge is 0.481 e. The van der Waals surface area contributed by atoms with Gasteiger partial charge in [0.25, 0.3) is 5.91 Å². The van der Waals surface area contributed by atoms with Gasteiger partial charge in [-0.15, -0.1) is 0 Å². The van der Waals surface area contributed by atoms with E-state index in [4.69, 9.17) is 4.74 Å². The van der Waals surface area contributed by atoms with E-state index in [0.717, 1.165) is 25.0 Å². The van der Waals surface area contributed by atoms with Crippen LogP contribution in [0.2, 0.25) is 0 Å². The summed E-state index contributed by atoms with van der Waals surface area (Å²) in [5.74, 6) is 0.156. The second kappa shape index (κ2) is 8.04. The van der Waals surface area contributed by atoms with Crippen LogP contribution in [0.4, 0.5) is 5.69 Å². The zero-order chi connectivity index (χ0) is 18.5. The molecule has 2 aromatic carbocycles. The van der Waals surface area contributed by atoms with Gasteiger partial charge >= 0.3 is 5.97 Å². The van der Waals surface area contributed by atoms with Gasteiger partial charge < -0.3 is 14.8 Å². The SMILES string of the molecule is COC(=O)c1ccc(NC(=O)[C@H](C)Oc2cccc3c2CCCC3)cc1. The molecule has 0 radical (unpaired) electrons. The molecule has 136 valence electrons. The van der Waals surface area contributed by atoms with E-state index in [2.05, 4.69) is 16.1 Å². The molecule has 1 aliphatic rings. The van der Waals surface area contributed by atoms with Crippen LogP contribution >= 0.6 is 0 Å². The Morgan fingerprint density at radius 3 is 2.50 bits per heavy atom. The Hall–Kier alpha value is -2.82. The van der Waals surface area contributed by atoms with Crippen LogP contribution in [-0.2, 0) is 22.4 Å². The van der Waals surface area contributed by atoms with E-state index in [1.54, 1.807) is 31.2 Å². The predicted octanol–water partition coefficient (Wildman–Crippen LogP) is 3.76. The molecule has 0 unspecified atom stereocenters. The molecule has 1 amide bonds. The van der Waals surface area contributed by atoms with Gasteiger partial charge in [-0.2, -0.15) is 0 Å². The molecule has 0 saturated carbocycles. The molecule has 1 atom stereocenters. The van der Waals surface area contributed by atoms with Crippen molar-refractivity contribution < 1.29 is 19.1 Å². The molecule has 0 spiro atoms. The maximum absolute atomic E-state index is 12.4. The number of anilines is 1. The van der Waals surface area contributed by atoms with Crippen LogP contribution in [0, 0.1) is 0 Å². The van der Waals surface area contributed by atoms with Gasteiger partial charge in [0.05, 0.1) is 12.7 Å². The van der Waals surface area contributed by atoms with Gasteiger partial charge in [-0.3, -0.25) is 4.79 Å². The fraction of sp³-hybridized carbons (Fsp3) is 0.333. The van der Waals surface area contributed by atoms with Crippen molar-refractivity contribution in [1.29, 1.82) is 0 Å². The van der Waals surface area contributed by atoms with Crippen molar-refractivity contribution in [2.24, 2.45) is 0 Å². The fourth-order valence-electron chi connectivity index (χ4n) is 3.15. The maximum Gasteiger partial charge on any atom is 0.337 e. The lowest BCUT2D eigenvalue weighted by Crippen LogP contribution is -2.30. The Morgan fingerprint density at radius 2 is 1.77 bits per heavy atom. The zero-order valence-electron chi connectivity index (χ0n) is 15.1. The molecule has 0 heterocycles. The van der Waals surface area contributed by atoms with Crippen LogP contribution < -0.4 is 10.1 Å². The van der Waals surface area contributed by atoms with E-state index in [0.29, 0.717) is 11.3 Å². The number of hydrogen-bond acceptors (Lipinski definition) is 4. The van der Waals surface area contributed by atoms with Crippen molar-refractivity contribution in [3.05, 3.63) is 59.2 Å². The highest BCUT2D eigenvalue weighted by molar-refractivity contribution is 5.95. The third kappa shape index (κ3) is 4.04. The molecule has 5 heteroatoms. The van der Waals surface area contributed by atoms with Crippen LogP contribution in [0.1, 0.15) is 41.3 Å². The van der Waals surface area contributed by atoms with Crippen LogP contribution in [0.3, 0.4) is 0 Å². The molecule has 5 nitrogen and oxygen atoms in total. The molecule has 3 rings (SSSR count). The lowest BCUT2D eigenvalue weighted by Gasteiger charge is -2.22. The molecule has 2 aromatic rings. The number of carbonyl (C=O) groups is 2. The first-order valence-corrected chi connectivity index (χ1v) is 8.85. The van der Waals surface area contributed by atoms with Crippen LogP contribution in [0.25, 0.3) is 0 Å². The summed E-state index contributed by atoms with van der Waals surface area (Å²) >= 11 is 0. The van der Waals surface area contributed by atoms with E-state index in [1.807, 2.05) is 12.1 Å². The summed E-state index contributed by atoms with van der Waals surface area (Å²) in [6, 6.07) is 12.6. The van der Waals surface area contributed by atoms with E-state index in [1.165, 1.54) is 24.7 Å². The topological polar surface area (TPSA) is 64.6 Å². The second-order valence-electron chi connectivity index (χ2n) is 6.42. The highest BCUT2D eigenvalue weighted by atomic mass is 16.5. The first-order valence-electron chi connectivity index (χ1n) is 8.85. The van der Waals surface area contributed by atoms with Gasteiger partial charge in [0.15, 0.2) is 6.10 Å². The molecule has 0 aliphatic heterocycles. The number of methoxy groups -OCH3 is 1. The Balaban J connectivity index is 1.64. The summed E-state index contributed by atoms with van der Waals surface area (Å²) in [4.78, 5) is 23.9. The lowest BCUT2D eigenvalue weighted by molar-refractivity contribution is -0.122. The highest BCUT2D eigenvalue weighted by Gasteiger charge is 2.19. The molecular weight excluding hydrogens is 330 g/mol. The first kappa shape index (κ1) is 18.0. The molecule has 1 N–H and O–H groups in total. The number of amides is 1. The fourth-order valence-corrected chi connectivity index (χ4v) is 3.15. The molecule has 0 fully saturated rings. The quantitative estimate of drug-likeness (QED) is 0.832. The summed E-state index contributed by atoms with van der Waals surface area (Å²) in [6.07, 6.45) is 3.80. The van der Waals surface area contributed by atoms with Crippen molar-refractivity contribution in [2.75, 3.05) is 12.4 Å². The van der Waals surface area contributed by atoms with Gasteiger partial charge in [-0.25, -0.2) is 4.79 Å². The summed E-state index contributed by atoms with van der Waals surface area (Å²) in [5, 5.41) is 2.81. The standard InChI is InChI=1S/C21H23NO4/c1-14(26-19-9-5-7-15-6-3-4-8-18(15)19)20(23)22-17-12-10-16(11-13-17)21(24)25-2/h5,7,9-14H,3-4,6,8H2,1-2H3,(H,22,23)/t14-/m0/s1. The van der Waals surface area contributed by atoms with E-state index >= 15 is 0 Å². The minimum atomic E-state index is -0.622. The van der Waals surface area contributed by atoms with Crippen molar-refractivity contribution >= 4 is 17.6 Å². The zero-order valence-corrected chi connectivity index (χ0v) is 15.1. The Labute approximate surface area is 153 Å². The molecule has 0 aromatic heterocycles. The molecule has 26 heavy (non-hydrogen) atoms. The number of aryl methyl sites for hydroxylation is 1. The van der Waals surface area contributed by atoms with Gasteiger partial charge in [-0.1, -0.05) is 12.1 Å². The van der Waals surface area contributed by atoms with Crippen molar-refractivity contribution in [1.82, 2.24) is 0 Å². The first-order chi connectivity index (χ1) is 12.6. The number of nitrogens with one attached hydrogen (secondary N) is 1. The Bertz CT molecular complexity index is 798. The van der Waals surface area contributed by atoms with Gasteiger partial charge in [0.1, 0.15) is 5.75 Å². The smallest absolute Gasteiger partial charge is 0.337 e. The molecule has 0 bridgehead atoms. The maximum atomic E-state index is 12.4. The van der Waals surface area contributed by atoms with E-state index in [9.17, 15) is 9.59 Å². The van der Waals surface area contributed by atoms with Crippen LogP contribution in [-0.4, -0.2) is 25.1 Å². The third-order valence-corrected chi connectivity index (χ3v) is 4.60. The van der Waals surface area contributed by atoms with Gasteiger partial charge in [-0.05, 0) is 74.1 Å². The number of fused-ring (bicyclic) bond motifs is 1. The Morgan fingerprint density at radius 1 is 1.04 bits per heavy atom. The van der Waals surface area contributed by atoms with Gasteiger partial charge in [0, 0.05) is 5.69 Å². The predicted molar refractivity (Wildman–Crippen MR) is 99.6 cm³/mol. The van der Waals surface area contributed by atoms with Crippen molar-refractivity contribution in [3.8, 4) is 5.75 Å². The lowest BCUT2D eigenvalue weighted by atomic mass is 9.91. The number of rotatable bonds is 5. The normalized spacial score (nSPS) is 14.1. The average Bonchev–Trinajstić information content (AvgIpc) is 2.68. The second-order valence-corrected chi connectivity index (χ2v) is 6.42. The molecule has 0 saturated heterocycles. The Kier molecular flexibility index (Phi) is 5.56. The van der Waals surface area contributed by atoms with E-state index < -0.39 is 12.1 Å². The minimum Gasteiger partial charge on any atom is -0.481 e. The number of carbonyl (C=O) groups excluding carboxylic acids is 2. The van der Waals surface area contributed by atoms with Crippen LogP contribution in [0.5, 0.6) is 5.75 Å². The number of hydrogen-bond donors (Lipinski definition) is 1. The summed E-state index contributed by atoms with van der Waals surface area (Å²) in [6.45, 7) is 1.74. The number of esters is 1. The summed E-state index contributed by atoms with van der Waals surface area (Å²) in [5.41, 5.74) is 3.58. The monoisotopic (exact) mass is 353 g/mol. The van der Waals surface area contributed by atoms with Crippen molar-refractivity contribution in [3.63, 3.8) is 0 Å². The number of ether oxygens (including phenoxy) is 2. The van der Waals surface area contributed by atoms with Gasteiger partial charge in [0.2, 0.25) is 0 Å². The molecular formula is C21H23NO4. The highest BCUT2D eigenvalue weighted by Crippen LogP contribution is 2.30. The minimum absolute atomic E-state index is 0.232. The molecule has 1 aliphatic carbocycles.